The van der Waals surface area contributed by atoms with Gasteiger partial charge in [-0.2, -0.15) is 0 Å². The van der Waals surface area contributed by atoms with Crippen molar-refractivity contribution in [3.63, 3.8) is 0 Å². The molecule has 6 heteroatoms. The number of aromatic nitrogens is 2. The third-order valence-corrected chi connectivity index (χ3v) is 3.49. The van der Waals surface area contributed by atoms with Crippen LogP contribution in [0.5, 0.6) is 0 Å². The molecule has 0 fully saturated rings. The Morgan fingerprint density at radius 3 is 2.32 bits per heavy atom. The Labute approximate surface area is 121 Å². The maximum Gasteiger partial charge on any atom is 0.146 e. The second-order valence-corrected chi connectivity index (χ2v) is 5.06. The Morgan fingerprint density at radius 2 is 1.79 bits per heavy atom. The molecule has 0 saturated carbocycles. The quantitative estimate of drug-likeness (QED) is 0.673. The smallest absolute Gasteiger partial charge is 0.146 e. The summed E-state index contributed by atoms with van der Waals surface area (Å²) in [6, 6.07) is 5.16. The minimum Gasteiger partial charge on any atom is -0.271 e. The number of hydrogen-bond donors (Lipinski definition) is 2. The minimum atomic E-state index is -0.238. The Bertz CT molecular complexity index is 537. The van der Waals surface area contributed by atoms with E-state index in [0.717, 1.165) is 11.1 Å². The van der Waals surface area contributed by atoms with Crippen LogP contribution in [-0.2, 0) is 6.42 Å². The minimum absolute atomic E-state index is 0.238. The molecule has 0 spiro atoms. The van der Waals surface area contributed by atoms with Crippen LogP contribution in [0, 0.1) is 6.92 Å². The molecule has 3 N–H and O–H groups in total. The highest BCUT2D eigenvalue weighted by Gasteiger charge is 2.17. The van der Waals surface area contributed by atoms with Gasteiger partial charge < -0.3 is 0 Å². The van der Waals surface area contributed by atoms with Crippen LogP contribution >= 0.6 is 23.2 Å². The van der Waals surface area contributed by atoms with Gasteiger partial charge in [0, 0.05) is 22.4 Å². The van der Waals surface area contributed by atoms with Gasteiger partial charge in [0.05, 0.1) is 6.04 Å². The summed E-state index contributed by atoms with van der Waals surface area (Å²) in [6.07, 6.45) is 4.03. The van der Waals surface area contributed by atoms with Crippen LogP contribution in [-0.4, -0.2) is 9.97 Å². The van der Waals surface area contributed by atoms with E-state index in [1.54, 1.807) is 30.6 Å². The van der Waals surface area contributed by atoms with Gasteiger partial charge in [-0.25, -0.2) is 15.4 Å². The van der Waals surface area contributed by atoms with E-state index in [1.165, 1.54) is 0 Å². The molecule has 1 aromatic heterocycles. The fourth-order valence-corrected chi connectivity index (χ4v) is 2.29. The highest BCUT2D eigenvalue weighted by atomic mass is 35.5. The van der Waals surface area contributed by atoms with Crippen LogP contribution in [0.3, 0.4) is 0 Å². The van der Waals surface area contributed by atoms with Crippen LogP contribution in [0.4, 0.5) is 0 Å². The number of benzene rings is 1. The summed E-state index contributed by atoms with van der Waals surface area (Å²) in [7, 11) is 0. The van der Waals surface area contributed by atoms with Crippen molar-refractivity contribution in [2.75, 3.05) is 0 Å². The number of aryl methyl sites for hydroxylation is 1. The maximum atomic E-state index is 6.15. The fourth-order valence-electron chi connectivity index (χ4n) is 1.74. The number of nitrogens with zero attached hydrogens (tertiary/aromatic N) is 2. The van der Waals surface area contributed by atoms with Gasteiger partial charge in [-0.3, -0.25) is 5.84 Å². The van der Waals surface area contributed by atoms with Crippen molar-refractivity contribution >= 4 is 23.2 Å². The van der Waals surface area contributed by atoms with Gasteiger partial charge in [0.25, 0.3) is 0 Å². The highest BCUT2D eigenvalue weighted by molar-refractivity contribution is 6.36. The molecule has 0 amide bonds. The molecule has 0 aliphatic carbocycles. The van der Waals surface area contributed by atoms with Gasteiger partial charge in [-0.15, -0.1) is 0 Å². The molecule has 2 rings (SSSR count). The SMILES string of the molecule is Cc1cnc(C(Cc2c(Cl)cccc2Cl)NN)nc1. The van der Waals surface area contributed by atoms with E-state index in [2.05, 4.69) is 15.4 Å². The van der Waals surface area contributed by atoms with Crippen molar-refractivity contribution in [1.29, 1.82) is 0 Å². The molecule has 2 aromatic rings. The number of halogens is 2. The Hall–Kier alpha value is -1.20. The molecule has 1 unspecified atom stereocenters. The lowest BCUT2D eigenvalue weighted by molar-refractivity contribution is 0.522. The zero-order valence-corrected chi connectivity index (χ0v) is 11.9. The lowest BCUT2D eigenvalue weighted by Gasteiger charge is -2.16. The van der Waals surface area contributed by atoms with Crippen LogP contribution in [0.1, 0.15) is 23.0 Å². The van der Waals surface area contributed by atoms with E-state index in [9.17, 15) is 0 Å². The first-order valence-corrected chi connectivity index (χ1v) is 6.55. The number of nitrogens with one attached hydrogen (secondary N) is 1. The summed E-state index contributed by atoms with van der Waals surface area (Å²) in [6.45, 7) is 1.93. The Kier molecular flexibility index (Phi) is 4.71. The molecule has 1 atom stereocenters. The molecule has 1 aromatic carbocycles. The molecule has 100 valence electrons. The van der Waals surface area contributed by atoms with Crippen LogP contribution in [0.2, 0.25) is 10.0 Å². The van der Waals surface area contributed by atoms with Crippen LogP contribution in [0.15, 0.2) is 30.6 Å². The van der Waals surface area contributed by atoms with Gasteiger partial charge >= 0.3 is 0 Å². The van der Waals surface area contributed by atoms with Crippen LogP contribution < -0.4 is 11.3 Å². The van der Waals surface area contributed by atoms with Crippen molar-refractivity contribution in [2.24, 2.45) is 5.84 Å². The summed E-state index contributed by atoms with van der Waals surface area (Å²) in [4.78, 5) is 8.53. The van der Waals surface area contributed by atoms with Crippen molar-refractivity contribution in [3.05, 3.63) is 57.6 Å². The fraction of sp³-hybridized carbons (Fsp3) is 0.231. The van der Waals surface area contributed by atoms with E-state index >= 15 is 0 Å². The normalized spacial score (nSPS) is 12.4. The second-order valence-electron chi connectivity index (χ2n) is 4.24. The first kappa shape index (κ1) is 14.2. The van der Waals surface area contributed by atoms with Crippen molar-refractivity contribution in [3.8, 4) is 0 Å². The predicted molar refractivity (Wildman–Crippen MR) is 77.0 cm³/mol. The predicted octanol–water partition coefficient (Wildman–Crippen LogP) is 2.84. The number of nitrogens with two attached hydrogens (primary N) is 1. The standard InChI is InChI=1S/C13H14Cl2N4/c1-8-6-17-13(18-7-8)12(19-16)5-9-10(14)3-2-4-11(9)15/h2-4,6-7,12,19H,5,16H2,1H3. The summed E-state index contributed by atoms with van der Waals surface area (Å²) in [5.41, 5.74) is 4.53. The molecular weight excluding hydrogens is 283 g/mol. The van der Waals surface area contributed by atoms with Crippen LogP contribution in [0.25, 0.3) is 0 Å². The number of hydrogen-bond acceptors (Lipinski definition) is 4. The average Bonchev–Trinajstić information content (AvgIpc) is 2.40. The lowest BCUT2D eigenvalue weighted by Crippen LogP contribution is -2.31. The third-order valence-electron chi connectivity index (χ3n) is 2.78. The van der Waals surface area contributed by atoms with Gasteiger partial charge in [0.1, 0.15) is 5.82 Å². The van der Waals surface area contributed by atoms with Crippen molar-refractivity contribution in [1.82, 2.24) is 15.4 Å². The van der Waals surface area contributed by atoms with E-state index in [4.69, 9.17) is 29.0 Å². The topological polar surface area (TPSA) is 63.8 Å². The summed E-state index contributed by atoms with van der Waals surface area (Å²) in [5.74, 6) is 6.19. The second kappa shape index (κ2) is 6.30. The highest BCUT2D eigenvalue weighted by Crippen LogP contribution is 2.28. The molecular formula is C13H14Cl2N4. The van der Waals surface area contributed by atoms with E-state index in [1.807, 2.05) is 6.92 Å². The van der Waals surface area contributed by atoms with Crippen molar-refractivity contribution < 1.29 is 0 Å². The Balaban J connectivity index is 2.26. The molecule has 0 saturated heterocycles. The van der Waals surface area contributed by atoms with Gasteiger partial charge in [-0.05, 0) is 36.6 Å². The monoisotopic (exact) mass is 296 g/mol. The van der Waals surface area contributed by atoms with E-state index in [0.29, 0.717) is 22.3 Å². The van der Waals surface area contributed by atoms with E-state index < -0.39 is 0 Å². The largest absolute Gasteiger partial charge is 0.271 e. The molecule has 1 heterocycles. The van der Waals surface area contributed by atoms with Gasteiger partial charge in [0.15, 0.2) is 0 Å². The summed E-state index contributed by atoms with van der Waals surface area (Å²) >= 11 is 12.3. The van der Waals surface area contributed by atoms with Gasteiger partial charge in [0.2, 0.25) is 0 Å². The zero-order valence-electron chi connectivity index (χ0n) is 10.4. The Morgan fingerprint density at radius 1 is 1.21 bits per heavy atom. The first-order chi connectivity index (χ1) is 9.11. The summed E-state index contributed by atoms with van der Waals surface area (Å²) in [5, 5.41) is 1.22. The van der Waals surface area contributed by atoms with Gasteiger partial charge in [-0.1, -0.05) is 29.3 Å². The number of rotatable bonds is 4. The zero-order chi connectivity index (χ0) is 13.8. The molecule has 4 nitrogen and oxygen atoms in total. The molecule has 19 heavy (non-hydrogen) atoms. The molecule has 0 aliphatic rings. The molecule has 0 bridgehead atoms. The molecule has 0 radical (unpaired) electrons. The lowest BCUT2D eigenvalue weighted by atomic mass is 10.1. The maximum absolute atomic E-state index is 6.15. The average molecular weight is 297 g/mol. The third kappa shape index (κ3) is 3.42. The number of hydrazine groups is 1. The first-order valence-electron chi connectivity index (χ1n) is 5.79. The van der Waals surface area contributed by atoms with Crippen molar-refractivity contribution in [2.45, 2.75) is 19.4 Å². The molecule has 0 aliphatic heterocycles. The summed E-state index contributed by atoms with van der Waals surface area (Å²) < 4.78 is 0. The van der Waals surface area contributed by atoms with E-state index in [-0.39, 0.29) is 6.04 Å².